The molecule has 4 nitrogen and oxygen atoms in total. The van der Waals surface area contributed by atoms with Gasteiger partial charge in [0.05, 0.1) is 12.7 Å². The lowest BCUT2D eigenvalue weighted by Crippen LogP contribution is -2.22. The highest BCUT2D eigenvalue weighted by molar-refractivity contribution is 6.50. The predicted molar refractivity (Wildman–Crippen MR) is 58.0 cm³/mol. The first-order valence-corrected chi connectivity index (χ1v) is 4.87. The van der Waals surface area contributed by atoms with Crippen LogP contribution in [0.5, 0.6) is 0 Å². The SMILES string of the molecule is COC1=CC(=O)C(=O)c2c(C)cc(C)nc21. The fraction of sp³-hybridized carbons (Fsp3) is 0.250. The zero-order valence-corrected chi connectivity index (χ0v) is 9.33. The Bertz CT molecular complexity index is 529. The van der Waals surface area contributed by atoms with E-state index < -0.39 is 11.6 Å². The highest BCUT2D eigenvalue weighted by atomic mass is 16.5. The summed E-state index contributed by atoms with van der Waals surface area (Å²) < 4.78 is 5.07. The maximum absolute atomic E-state index is 11.7. The van der Waals surface area contributed by atoms with Gasteiger partial charge in [-0.05, 0) is 25.5 Å². The van der Waals surface area contributed by atoms with Crippen LogP contribution in [-0.4, -0.2) is 23.7 Å². The Morgan fingerprint density at radius 3 is 2.56 bits per heavy atom. The van der Waals surface area contributed by atoms with Gasteiger partial charge in [-0.15, -0.1) is 0 Å². The minimum atomic E-state index is -0.557. The molecule has 0 saturated heterocycles. The zero-order chi connectivity index (χ0) is 11.9. The summed E-state index contributed by atoms with van der Waals surface area (Å²) in [5.74, 6) is -0.717. The smallest absolute Gasteiger partial charge is 0.235 e. The van der Waals surface area contributed by atoms with Gasteiger partial charge in [0.2, 0.25) is 11.6 Å². The number of Topliss-reactive ketones (excluding diaryl/α,β-unsaturated/α-hetero) is 1. The van der Waals surface area contributed by atoms with Crippen molar-refractivity contribution in [3.05, 3.63) is 34.7 Å². The fourth-order valence-electron chi connectivity index (χ4n) is 1.83. The van der Waals surface area contributed by atoms with Gasteiger partial charge in [-0.2, -0.15) is 0 Å². The summed E-state index contributed by atoms with van der Waals surface area (Å²) in [6.45, 7) is 3.62. The first-order chi connectivity index (χ1) is 7.54. The van der Waals surface area contributed by atoms with Crippen molar-refractivity contribution < 1.29 is 14.3 Å². The van der Waals surface area contributed by atoms with Crippen molar-refractivity contribution in [1.29, 1.82) is 0 Å². The maximum atomic E-state index is 11.7. The molecule has 16 heavy (non-hydrogen) atoms. The second kappa shape index (κ2) is 3.56. The lowest BCUT2D eigenvalue weighted by Gasteiger charge is -2.16. The van der Waals surface area contributed by atoms with E-state index in [2.05, 4.69) is 4.98 Å². The second-order valence-electron chi connectivity index (χ2n) is 3.71. The Hall–Kier alpha value is -1.97. The number of aryl methyl sites for hydroxylation is 2. The third-order valence-corrected chi connectivity index (χ3v) is 2.51. The first-order valence-electron chi connectivity index (χ1n) is 4.87. The van der Waals surface area contributed by atoms with Crippen molar-refractivity contribution >= 4 is 17.3 Å². The molecule has 0 fully saturated rings. The largest absolute Gasteiger partial charge is 0.494 e. The average Bonchev–Trinajstić information content (AvgIpc) is 2.22. The summed E-state index contributed by atoms with van der Waals surface area (Å²) in [7, 11) is 1.46. The maximum Gasteiger partial charge on any atom is 0.235 e. The van der Waals surface area contributed by atoms with E-state index in [1.807, 2.05) is 6.92 Å². The van der Waals surface area contributed by atoms with Gasteiger partial charge in [0.25, 0.3) is 0 Å². The number of rotatable bonds is 1. The van der Waals surface area contributed by atoms with E-state index >= 15 is 0 Å². The summed E-state index contributed by atoms with van der Waals surface area (Å²) in [6.07, 6.45) is 1.19. The average molecular weight is 217 g/mol. The second-order valence-corrected chi connectivity index (χ2v) is 3.71. The van der Waals surface area contributed by atoms with Crippen LogP contribution < -0.4 is 0 Å². The van der Waals surface area contributed by atoms with Crippen LogP contribution in [0.15, 0.2) is 12.1 Å². The van der Waals surface area contributed by atoms with E-state index in [0.717, 1.165) is 11.3 Å². The summed E-state index contributed by atoms with van der Waals surface area (Å²) in [5.41, 5.74) is 2.37. The van der Waals surface area contributed by atoms with Crippen LogP contribution in [0.3, 0.4) is 0 Å². The number of hydrogen-bond donors (Lipinski definition) is 0. The van der Waals surface area contributed by atoms with Crippen LogP contribution in [0.1, 0.15) is 27.3 Å². The van der Waals surface area contributed by atoms with Crippen molar-refractivity contribution in [1.82, 2.24) is 4.98 Å². The summed E-state index contributed by atoms with van der Waals surface area (Å²) in [4.78, 5) is 27.4. The molecule has 1 aliphatic carbocycles. The van der Waals surface area contributed by atoms with Gasteiger partial charge in [0.15, 0.2) is 0 Å². The van der Waals surface area contributed by atoms with Crippen molar-refractivity contribution in [2.75, 3.05) is 7.11 Å². The molecule has 0 unspecified atom stereocenters. The van der Waals surface area contributed by atoms with E-state index in [0.29, 0.717) is 17.0 Å². The normalized spacial score (nSPS) is 14.6. The molecule has 82 valence electrons. The van der Waals surface area contributed by atoms with Gasteiger partial charge >= 0.3 is 0 Å². The molecule has 0 radical (unpaired) electrons. The van der Waals surface area contributed by atoms with Crippen LogP contribution >= 0.6 is 0 Å². The molecule has 0 saturated carbocycles. The fourth-order valence-corrected chi connectivity index (χ4v) is 1.83. The third kappa shape index (κ3) is 1.43. The minimum Gasteiger partial charge on any atom is -0.494 e. The summed E-state index contributed by atoms with van der Waals surface area (Å²) in [5, 5.41) is 0. The standard InChI is InChI=1S/C12H11NO3/c1-6-4-7(2)13-11-9(16-3)5-8(14)12(15)10(6)11/h4-5H,1-3H3. The molecule has 2 rings (SSSR count). The van der Waals surface area contributed by atoms with E-state index in [1.54, 1.807) is 13.0 Å². The van der Waals surface area contributed by atoms with Crippen molar-refractivity contribution in [2.45, 2.75) is 13.8 Å². The number of aromatic nitrogens is 1. The minimum absolute atomic E-state index is 0.353. The monoisotopic (exact) mass is 217 g/mol. The number of allylic oxidation sites excluding steroid dienone is 1. The van der Waals surface area contributed by atoms with Crippen LogP contribution in [0.25, 0.3) is 5.76 Å². The van der Waals surface area contributed by atoms with Crippen molar-refractivity contribution in [2.24, 2.45) is 0 Å². The van der Waals surface area contributed by atoms with Crippen LogP contribution in [0, 0.1) is 13.8 Å². The molecule has 0 atom stereocenters. The van der Waals surface area contributed by atoms with Crippen molar-refractivity contribution in [3.63, 3.8) is 0 Å². The van der Waals surface area contributed by atoms with Gasteiger partial charge in [0, 0.05) is 11.8 Å². The van der Waals surface area contributed by atoms with Gasteiger partial charge in [-0.3, -0.25) is 9.59 Å². The summed E-state index contributed by atoms with van der Waals surface area (Å²) >= 11 is 0. The molecular formula is C12H11NO3. The Kier molecular flexibility index (Phi) is 2.34. The Morgan fingerprint density at radius 1 is 1.25 bits per heavy atom. The number of fused-ring (bicyclic) bond motifs is 1. The van der Waals surface area contributed by atoms with Crippen LogP contribution in [0.4, 0.5) is 0 Å². The van der Waals surface area contributed by atoms with Crippen LogP contribution in [-0.2, 0) is 9.53 Å². The Labute approximate surface area is 92.9 Å². The van der Waals surface area contributed by atoms with Gasteiger partial charge in [-0.25, -0.2) is 4.98 Å². The molecule has 0 spiro atoms. The van der Waals surface area contributed by atoms with Gasteiger partial charge in [0.1, 0.15) is 11.5 Å². The van der Waals surface area contributed by atoms with E-state index in [-0.39, 0.29) is 0 Å². The highest BCUT2D eigenvalue weighted by Gasteiger charge is 2.29. The number of methoxy groups -OCH3 is 1. The number of ether oxygens (including phenoxy) is 1. The highest BCUT2D eigenvalue weighted by Crippen LogP contribution is 2.26. The quantitative estimate of drug-likeness (QED) is 0.668. The van der Waals surface area contributed by atoms with Gasteiger partial charge in [-0.1, -0.05) is 0 Å². The molecule has 0 aliphatic heterocycles. The first kappa shape index (κ1) is 10.5. The van der Waals surface area contributed by atoms with Gasteiger partial charge < -0.3 is 4.74 Å². The number of pyridine rings is 1. The third-order valence-electron chi connectivity index (χ3n) is 2.51. The van der Waals surface area contributed by atoms with E-state index in [1.165, 1.54) is 13.2 Å². The molecule has 1 aromatic rings. The topological polar surface area (TPSA) is 56.3 Å². The molecule has 0 aromatic carbocycles. The zero-order valence-electron chi connectivity index (χ0n) is 9.33. The number of nitrogens with zero attached hydrogens (tertiary/aromatic N) is 1. The molecule has 1 heterocycles. The molecule has 0 amide bonds. The van der Waals surface area contributed by atoms with Crippen molar-refractivity contribution in [3.8, 4) is 0 Å². The summed E-state index contributed by atoms with van der Waals surface area (Å²) in [6, 6.07) is 1.78. The lowest BCUT2D eigenvalue weighted by atomic mass is 9.94. The number of hydrogen-bond acceptors (Lipinski definition) is 4. The molecule has 1 aromatic heterocycles. The number of carbonyl (C=O) groups excluding carboxylic acids is 2. The molecular weight excluding hydrogens is 206 g/mol. The molecule has 0 N–H and O–H groups in total. The van der Waals surface area contributed by atoms with Crippen LogP contribution in [0.2, 0.25) is 0 Å². The Balaban J connectivity index is 2.77. The molecule has 0 bridgehead atoms. The molecule has 4 heteroatoms. The van der Waals surface area contributed by atoms with E-state index in [9.17, 15) is 9.59 Å². The predicted octanol–water partition coefficient (Wildman–Crippen LogP) is 1.45. The van der Waals surface area contributed by atoms with E-state index in [4.69, 9.17) is 4.74 Å². The Morgan fingerprint density at radius 2 is 1.94 bits per heavy atom. The lowest BCUT2D eigenvalue weighted by molar-refractivity contribution is -0.111. The molecule has 1 aliphatic rings. The number of ketones is 2. The number of carbonyl (C=O) groups is 2.